The molecule has 1 fully saturated rings. The van der Waals surface area contributed by atoms with Gasteiger partial charge in [-0.15, -0.1) is 0 Å². The quantitative estimate of drug-likeness (QED) is 0.294. The molecule has 0 radical (unpaired) electrons. The van der Waals surface area contributed by atoms with Crippen molar-refractivity contribution in [1.82, 2.24) is 16.0 Å². The molecule has 40 heavy (non-hydrogen) atoms. The van der Waals surface area contributed by atoms with Crippen molar-refractivity contribution in [2.24, 2.45) is 0 Å². The summed E-state index contributed by atoms with van der Waals surface area (Å²) in [5.74, 6) is -1.65. The van der Waals surface area contributed by atoms with Crippen LogP contribution in [0.15, 0.2) is 66.7 Å². The van der Waals surface area contributed by atoms with E-state index in [4.69, 9.17) is 23.2 Å². The Labute approximate surface area is 242 Å². The van der Waals surface area contributed by atoms with Crippen LogP contribution >= 0.6 is 23.2 Å². The highest BCUT2D eigenvalue weighted by atomic mass is 35.5. The minimum atomic E-state index is -1.38. The first kappa shape index (κ1) is 27.8. The lowest BCUT2D eigenvalue weighted by Crippen LogP contribution is -2.50. The normalized spacial score (nSPS) is 18.6. The van der Waals surface area contributed by atoms with E-state index < -0.39 is 23.9 Å². The van der Waals surface area contributed by atoms with Gasteiger partial charge in [-0.05, 0) is 48.1 Å². The summed E-state index contributed by atoms with van der Waals surface area (Å²) in [4.78, 5) is 39.6. The summed E-state index contributed by atoms with van der Waals surface area (Å²) in [6.45, 7) is 1.30. The Morgan fingerprint density at radius 2 is 1.68 bits per heavy atom. The standard InChI is InChI=1S/C30H30Cl2N4O4/c31-23-14-21(36-13-12-20(17-36)18-6-2-1-3-7-18)15-24(32)27(23)28(37)34-26(29(38)39)16-33-30(40)35-25-11-10-19-8-4-5-9-22(19)25/h1-9,14-15,20,25-26H,10-13,16-17H2,(H,34,37)(H,38,39)(H2,33,35,40)/t20-,25+,26-/m0/s1. The van der Waals surface area contributed by atoms with Gasteiger partial charge >= 0.3 is 12.0 Å². The number of hydrogen-bond donors (Lipinski definition) is 4. The Hall–Kier alpha value is -3.75. The molecule has 8 nitrogen and oxygen atoms in total. The molecule has 3 aromatic rings. The molecule has 0 aromatic heterocycles. The Kier molecular flexibility index (Phi) is 8.47. The van der Waals surface area contributed by atoms with Crippen LogP contribution in [0.4, 0.5) is 10.5 Å². The Morgan fingerprint density at radius 3 is 2.40 bits per heavy atom. The molecule has 1 aliphatic heterocycles. The van der Waals surface area contributed by atoms with E-state index in [1.54, 1.807) is 12.1 Å². The topological polar surface area (TPSA) is 111 Å². The molecule has 4 N–H and O–H groups in total. The molecule has 3 atom stereocenters. The van der Waals surface area contributed by atoms with Crippen LogP contribution in [-0.2, 0) is 11.2 Å². The zero-order valence-electron chi connectivity index (χ0n) is 21.7. The number of carboxylic acid groups (broad SMARTS) is 1. The van der Waals surface area contributed by atoms with E-state index in [-0.39, 0.29) is 28.2 Å². The molecule has 0 saturated carbocycles. The van der Waals surface area contributed by atoms with Crippen LogP contribution in [-0.4, -0.2) is 48.7 Å². The van der Waals surface area contributed by atoms with Crippen molar-refractivity contribution < 1.29 is 19.5 Å². The van der Waals surface area contributed by atoms with E-state index in [0.29, 0.717) is 5.92 Å². The number of halogens is 2. The number of aliphatic carboxylic acids is 1. The molecule has 0 bridgehead atoms. The predicted molar refractivity (Wildman–Crippen MR) is 155 cm³/mol. The van der Waals surface area contributed by atoms with Crippen molar-refractivity contribution in [3.63, 3.8) is 0 Å². The van der Waals surface area contributed by atoms with Crippen molar-refractivity contribution in [3.05, 3.63) is 99.0 Å². The van der Waals surface area contributed by atoms with Crippen LogP contribution in [0.25, 0.3) is 0 Å². The van der Waals surface area contributed by atoms with Crippen molar-refractivity contribution in [3.8, 4) is 0 Å². The van der Waals surface area contributed by atoms with Gasteiger partial charge in [-0.3, -0.25) is 4.79 Å². The van der Waals surface area contributed by atoms with Crippen LogP contribution < -0.4 is 20.9 Å². The monoisotopic (exact) mass is 580 g/mol. The SMILES string of the molecule is O=C(NC[C@H](NC(=O)c1c(Cl)cc(N2CC[C@H](c3ccccc3)C2)cc1Cl)C(=O)O)N[C@@H]1CCc2ccccc21. The van der Waals surface area contributed by atoms with Crippen molar-refractivity contribution in [1.29, 1.82) is 0 Å². The van der Waals surface area contributed by atoms with Crippen LogP contribution in [0.5, 0.6) is 0 Å². The average molecular weight is 582 g/mol. The lowest BCUT2D eigenvalue weighted by Gasteiger charge is -2.21. The highest BCUT2D eigenvalue weighted by Crippen LogP contribution is 2.36. The molecule has 1 heterocycles. The number of amides is 3. The van der Waals surface area contributed by atoms with Crippen LogP contribution in [0.2, 0.25) is 10.0 Å². The summed E-state index contributed by atoms with van der Waals surface area (Å²) in [6, 6.07) is 19.5. The number of hydrogen-bond acceptors (Lipinski definition) is 4. The van der Waals surface area contributed by atoms with E-state index in [2.05, 4.69) is 33.0 Å². The summed E-state index contributed by atoms with van der Waals surface area (Å²) >= 11 is 13.0. The number of aryl methyl sites for hydroxylation is 1. The summed E-state index contributed by atoms with van der Waals surface area (Å²) < 4.78 is 0. The zero-order chi connectivity index (χ0) is 28.2. The minimum absolute atomic E-state index is 0.0100. The second-order valence-electron chi connectivity index (χ2n) is 10.1. The van der Waals surface area contributed by atoms with Crippen LogP contribution in [0.1, 0.15) is 51.8 Å². The third kappa shape index (κ3) is 6.18. The van der Waals surface area contributed by atoms with Gasteiger partial charge in [0.05, 0.1) is 28.2 Å². The maximum absolute atomic E-state index is 13.0. The predicted octanol–water partition coefficient (Wildman–Crippen LogP) is 5.16. The van der Waals surface area contributed by atoms with Gasteiger partial charge in [0.25, 0.3) is 5.91 Å². The summed E-state index contributed by atoms with van der Waals surface area (Å²) in [5.41, 5.74) is 4.30. The fourth-order valence-corrected chi connectivity index (χ4v) is 6.14. The Balaban J connectivity index is 1.19. The van der Waals surface area contributed by atoms with Crippen molar-refractivity contribution >= 4 is 46.8 Å². The maximum Gasteiger partial charge on any atom is 0.328 e. The second kappa shape index (κ2) is 12.2. The van der Waals surface area contributed by atoms with Gasteiger partial charge in [-0.25, -0.2) is 9.59 Å². The molecule has 3 amide bonds. The van der Waals surface area contributed by atoms with Gasteiger partial charge in [-0.2, -0.15) is 0 Å². The lowest BCUT2D eigenvalue weighted by atomic mass is 9.99. The molecule has 0 unspecified atom stereocenters. The molecule has 5 rings (SSSR count). The number of benzene rings is 3. The number of carbonyl (C=O) groups is 3. The molecule has 208 valence electrons. The number of nitrogens with zero attached hydrogens (tertiary/aromatic N) is 1. The third-order valence-electron chi connectivity index (χ3n) is 7.59. The Morgan fingerprint density at radius 1 is 0.975 bits per heavy atom. The average Bonchev–Trinajstić information content (AvgIpc) is 3.59. The number of urea groups is 1. The van der Waals surface area contributed by atoms with Crippen LogP contribution in [0, 0.1) is 0 Å². The first-order valence-electron chi connectivity index (χ1n) is 13.2. The van der Waals surface area contributed by atoms with Crippen molar-refractivity contribution in [2.45, 2.75) is 37.3 Å². The van der Waals surface area contributed by atoms with Crippen molar-refractivity contribution in [2.75, 3.05) is 24.5 Å². The third-order valence-corrected chi connectivity index (χ3v) is 8.18. The molecule has 1 aliphatic carbocycles. The fourth-order valence-electron chi connectivity index (χ4n) is 5.49. The van der Waals surface area contributed by atoms with Crippen LogP contribution in [0.3, 0.4) is 0 Å². The first-order valence-corrected chi connectivity index (χ1v) is 14.0. The highest BCUT2D eigenvalue weighted by Gasteiger charge is 2.29. The fraction of sp³-hybridized carbons (Fsp3) is 0.300. The Bertz CT molecular complexity index is 1390. The molecule has 10 heteroatoms. The first-order chi connectivity index (χ1) is 19.3. The lowest BCUT2D eigenvalue weighted by molar-refractivity contribution is -0.139. The van der Waals surface area contributed by atoms with E-state index in [9.17, 15) is 19.5 Å². The number of carboxylic acids is 1. The smallest absolute Gasteiger partial charge is 0.328 e. The zero-order valence-corrected chi connectivity index (χ0v) is 23.2. The van der Waals surface area contributed by atoms with Gasteiger partial charge in [0.2, 0.25) is 0 Å². The van der Waals surface area contributed by atoms with E-state index in [1.807, 2.05) is 42.5 Å². The maximum atomic E-state index is 13.0. The highest BCUT2D eigenvalue weighted by molar-refractivity contribution is 6.40. The molecule has 3 aromatic carbocycles. The largest absolute Gasteiger partial charge is 0.480 e. The summed E-state index contributed by atoms with van der Waals surface area (Å²) in [5, 5.41) is 17.8. The molecule has 1 saturated heterocycles. The van der Waals surface area contributed by atoms with E-state index >= 15 is 0 Å². The number of rotatable bonds is 8. The molecular formula is C30H30Cl2N4O4. The van der Waals surface area contributed by atoms with Gasteiger partial charge in [0, 0.05) is 24.7 Å². The van der Waals surface area contributed by atoms with Gasteiger partial charge in [-0.1, -0.05) is 77.8 Å². The van der Waals surface area contributed by atoms with Gasteiger partial charge in [0.15, 0.2) is 0 Å². The number of fused-ring (bicyclic) bond motifs is 1. The van der Waals surface area contributed by atoms with Gasteiger partial charge < -0.3 is 26.0 Å². The second-order valence-corrected chi connectivity index (χ2v) is 10.9. The minimum Gasteiger partial charge on any atom is -0.480 e. The summed E-state index contributed by atoms with van der Waals surface area (Å²) in [6.07, 6.45) is 2.61. The number of nitrogens with one attached hydrogen (secondary N) is 3. The molecule has 2 aliphatic rings. The molecule has 0 spiro atoms. The summed E-state index contributed by atoms with van der Waals surface area (Å²) in [7, 11) is 0. The van der Waals surface area contributed by atoms with Gasteiger partial charge in [0.1, 0.15) is 6.04 Å². The number of carbonyl (C=O) groups excluding carboxylic acids is 2. The molecular weight excluding hydrogens is 551 g/mol. The van der Waals surface area contributed by atoms with E-state index in [1.165, 1.54) is 11.1 Å². The number of anilines is 1. The van der Waals surface area contributed by atoms with E-state index in [0.717, 1.165) is 43.6 Å².